The number of carbonyl (C=O) groups is 2. The summed E-state index contributed by atoms with van der Waals surface area (Å²) in [4.78, 5) is 28.8. The first-order chi connectivity index (χ1) is 13.0. The molecule has 0 radical (unpaired) electrons. The van der Waals surface area contributed by atoms with Gasteiger partial charge in [0.05, 0.1) is 17.6 Å². The van der Waals surface area contributed by atoms with Crippen molar-refractivity contribution >= 4 is 29.1 Å². The Balaban J connectivity index is 1.52. The molecule has 0 saturated carbocycles. The van der Waals surface area contributed by atoms with E-state index in [1.807, 2.05) is 29.2 Å². The number of likely N-dealkylation sites (tertiary alicyclic amines) is 1. The van der Waals surface area contributed by atoms with Crippen molar-refractivity contribution in [1.29, 1.82) is 0 Å². The number of amides is 2. The van der Waals surface area contributed by atoms with E-state index in [2.05, 4.69) is 0 Å². The molecule has 27 heavy (non-hydrogen) atoms. The summed E-state index contributed by atoms with van der Waals surface area (Å²) in [6, 6.07) is 13.7. The van der Waals surface area contributed by atoms with Gasteiger partial charge < -0.3 is 9.80 Å². The van der Waals surface area contributed by atoms with E-state index in [0.29, 0.717) is 11.6 Å². The zero-order valence-electron chi connectivity index (χ0n) is 14.8. The number of carbonyl (C=O) groups excluding carboxylic acids is 2. The quantitative estimate of drug-likeness (QED) is 0.793. The van der Waals surface area contributed by atoms with Gasteiger partial charge in [0.2, 0.25) is 11.8 Å². The van der Waals surface area contributed by atoms with Gasteiger partial charge >= 0.3 is 0 Å². The van der Waals surface area contributed by atoms with Gasteiger partial charge in [-0.3, -0.25) is 9.59 Å². The Labute approximate surface area is 162 Å². The zero-order chi connectivity index (χ0) is 19.0. The van der Waals surface area contributed by atoms with Crippen molar-refractivity contribution in [2.24, 2.45) is 5.92 Å². The number of para-hydroxylation sites is 1. The summed E-state index contributed by atoms with van der Waals surface area (Å²) < 4.78 is 14.1. The summed E-state index contributed by atoms with van der Waals surface area (Å²) in [5.74, 6) is -1.12. The van der Waals surface area contributed by atoms with Crippen molar-refractivity contribution in [2.45, 2.75) is 25.3 Å². The summed E-state index contributed by atoms with van der Waals surface area (Å²) in [7, 11) is 0. The van der Waals surface area contributed by atoms with E-state index in [0.717, 1.165) is 18.4 Å². The standard InChI is InChI=1S/C21H20ClFN2O2/c22-16-9-7-14(8-10-16)18-6-3-11-24(18)21(27)15-12-20(26)25(13-15)19-5-2-1-4-17(19)23/h1-2,4-5,7-10,15,18H,3,6,11-13H2. The maximum absolute atomic E-state index is 14.1. The lowest BCUT2D eigenvalue weighted by atomic mass is 10.0. The van der Waals surface area contributed by atoms with Crippen LogP contribution in [0.25, 0.3) is 0 Å². The lowest BCUT2D eigenvalue weighted by molar-refractivity contribution is -0.136. The molecule has 2 aromatic rings. The van der Waals surface area contributed by atoms with Gasteiger partial charge in [-0.25, -0.2) is 4.39 Å². The Morgan fingerprint density at radius 2 is 1.85 bits per heavy atom. The summed E-state index contributed by atoms with van der Waals surface area (Å²) in [5.41, 5.74) is 1.30. The molecule has 2 amide bonds. The Hall–Kier alpha value is -2.40. The molecule has 2 atom stereocenters. The first-order valence-electron chi connectivity index (χ1n) is 9.15. The molecule has 6 heteroatoms. The van der Waals surface area contributed by atoms with Gasteiger partial charge in [-0.15, -0.1) is 0 Å². The number of rotatable bonds is 3. The van der Waals surface area contributed by atoms with E-state index in [1.54, 1.807) is 18.2 Å². The summed E-state index contributed by atoms with van der Waals surface area (Å²) >= 11 is 5.97. The molecule has 2 saturated heterocycles. The van der Waals surface area contributed by atoms with Gasteiger partial charge in [0, 0.05) is 24.5 Å². The predicted octanol–water partition coefficient (Wildman–Crippen LogP) is 4.20. The minimum Gasteiger partial charge on any atom is -0.335 e. The average Bonchev–Trinajstić information content (AvgIpc) is 3.29. The third kappa shape index (κ3) is 3.44. The second kappa shape index (κ2) is 7.31. The van der Waals surface area contributed by atoms with Gasteiger partial charge in [-0.05, 0) is 42.7 Å². The number of anilines is 1. The largest absolute Gasteiger partial charge is 0.335 e. The van der Waals surface area contributed by atoms with E-state index in [1.165, 1.54) is 11.0 Å². The SMILES string of the molecule is O=C1CC(C(=O)N2CCCC2c2ccc(Cl)cc2)CN1c1ccccc1F. The Bertz CT molecular complexity index is 871. The molecule has 2 aliphatic rings. The molecular formula is C21H20ClFN2O2. The highest BCUT2D eigenvalue weighted by molar-refractivity contribution is 6.30. The van der Waals surface area contributed by atoms with E-state index in [-0.39, 0.29) is 36.5 Å². The molecule has 2 aromatic carbocycles. The van der Waals surface area contributed by atoms with Crippen LogP contribution in [0.4, 0.5) is 10.1 Å². The number of nitrogens with zero attached hydrogens (tertiary/aromatic N) is 2. The monoisotopic (exact) mass is 386 g/mol. The molecule has 2 unspecified atom stereocenters. The number of benzene rings is 2. The normalized spacial score (nSPS) is 22.5. The molecule has 0 aromatic heterocycles. The molecule has 2 fully saturated rings. The Morgan fingerprint density at radius 1 is 1.11 bits per heavy atom. The van der Waals surface area contributed by atoms with Crippen molar-refractivity contribution in [2.75, 3.05) is 18.0 Å². The first-order valence-corrected chi connectivity index (χ1v) is 9.53. The highest BCUT2D eigenvalue weighted by Crippen LogP contribution is 2.36. The van der Waals surface area contributed by atoms with Gasteiger partial charge in [0.25, 0.3) is 0 Å². The maximum atomic E-state index is 14.1. The third-order valence-electron chi connectivity index (χ3n) is 5.41. The maximum Gasteiger partial charge on any atom is 0.228 e. The molecular weight excluding hydrogens is 367 g/mol. The van der Waals surface area contributed by atoms with E-state index in [9.17, 15) is 14.0 Å². The second-order valence-corrected chi connectivity index (χ2v) is 7.53. The fourth-order valence-electron chi connectivity index (χ4n) is 4.07. The fourth-order valence-corrected chi connectivity index (χ4v) is 4.20. The van der Waals surface area contributed by atoms with Crippen LogP contribution in [0, 0.1) is 11.7 Å². The van der Waals surface area contributed by atoms with Crippen LogP contribution in [0.2, 0.25) is 5.02 Å². The molecule has 2 aliphatic heterocycles. The van der Waals surface area contributed by atoms with E-state index < -0.39 is 11.7 Å². The summed E-state index contributed by atoms with van der Waals surface area (Å²) in [6.07, 6.45) is 1.94. The number of halogens is 2. The molecule has 2 heterocycles. The van der Waals surface area contributed by atoms with Crippen molar-refractivity contribution in [1.82, 2.24) is 4.90 Å². The fraction of sp³-hybridized carbons (Fsp3) is 0.333. The molecule has 0 aliphatic carbocycles. The lowest BCUT2D eigenvalue weighted by Gasteiger charge is -2.27. The molecule has 4 nitrogen and oxygen atoms in total. The first kappa shape index (κ1) is 18.0. The van der Waals surface area contributed by atoms with Crippen LogP contribution in [0.15, 0.2) is 48.5 Å². The number of hydrogen-bond acceptors (Lipinski definition) is 2. The van der Waals surface area contributed by atoms with Crippen molar-refractivity contribution in [3.63, 3.8) is 0 Å². The molecule has 0 spiro atoms. The van der Waals surface area contributed by atoms with E-state index in [4.69, 9.17) is 11.6 Å². The van der Waals surface area contributed by atoms with Gasteiger partial charge in [0.15, 0.2) is 0 Å². The minimum atomic E-state index is -0.445. The topological polar surface area (TPSA) is 40.6 Å². The zero-order valence-corrected chi connectivity index (χ0v) is 15.5. The van der Waals surface area contributed by atoms with Crippen LogP contribution in [0.5, 0.6) is 0 Å². The average molecular weight is 387 g/mol. The van der Waals surface area contributed by atoms with Crippen LogP contribution in [-0.4, -0.2) is 29.8 Å². The Kier molecular flexibility index (Phi) is 4.87. The Morgan fingerprint density at radius 3 is 2.59 bits per heavy atom. The summed E-state index contributed by atoms with van der Waals surface area (Å²) in [5, 5.41) is 0.663. The second-order valence-electron chi connectivity index (χ2n) is 7.10. The molecule has 0 bridgehead atoms. The van der Waals surface area contributed by atoms with Crippen LogP contribution in [-0.2, 0) is 9.59 Å². The highest BCUT2D eigenvalue weighted by Gasteiger charge is 2.41. The predicted molar refractivity (Wildman–Crippen MR) is 102 cm³/mol. The molecule has 140 valence electrons. The number of hydrogen-bond donors (Lipinski definition) is 0. The van der Waals surface area contributed by atoms with Crippen molar-refractivity contribution < 1.29 is 14.0 Å². The van der Waals surface area contributed by atoms with Gasteiger partial charge in [-0.2, -0.15) is 0 Å². The molecule has 4 rings (SSSR count). The third-order valence-corrected chi connectivity index (χ3v) is 5.66. The van der Waals surface area contributed by atoms with Crippen molar-refractivity contribution in [3.05, 3.63) is 64.9 Å². The van der Waals surface area contributed by atoms with Crippen LogP contribution < -0.4 is 4.90 Å². The molecule has 0 N–H and O–H groups in total. The van der Waals surface area contributed by atoms with Crippen molar-refractivity contribution in [3.8, 4) is 0 Å². The van der Waals surface area contributed by atoms with Crippen LogP contribution in [0.1, 0.15) is 30.9 Å². The van der Waals surface area contributed by atoms with Gasteiger partial charge in [0.1, 0.15) is 5.82 Å². The van der Waals surface area contributed by atoms with Crippen LogP contribution >= 0.6 is 11.6 Å². The van der Waals surface area contributed by atoms with E-state index >= 15 is 0 Å². The smallest absolute Gasteiger partial charge is 0.228 e. The minimum absolute atomic E-state index is 0.00683. The van der Waals surface area contributed by atoms with Gasteiger partial charge in [-0.1, -0.05) is 35.9 Å². The summed E-state index contributed by atoms with van der Waals surface area (Å²) in [6.45, 7) is 0.902. The lowest BCUT2D eigenvalue weighted by Crippen LogP contribution is -2.37. The highest BCUT2D eigenvalue weighted by atomic mass is 35.5. The van der Waals surface area contributed by atoms with Crippen LogP contribution in [0.3, 0.4) is 0 Å².